The summed E-state index contributed by atoms with van der Waals surface area (Å²) in [5, 5.41) is 2.71. The largest absolute Gasteiger partial charge is 0.323 e. The number of carbonyl (C=O) groups is 1. The van der Waals surface area contributed by atoms with Crippen molar-refractivity contribution in [3.05, 3.63) is 12.2 Å². The highest BCUT2D eigenvalue weighted by Gasteiger charge is 2.00. The van der Waals surface area contributed by atoms with Crippen LogP contribution in [0.4, 0.5) is 0 Å². The maximum Gasteiger partial charge on any atom is 0.250 e. The summed E-state index contributed by atoms with van der Waals surface area (Å²) in [4.78, 5) is 12.0. The molecular weight excluding hydrogens is 128 g/mol. The quantitative estimate of drug-likeness (QED) is 0.377. The molecule has 0 aromatic carbocycles. The van der Waals surface area contributed by atoms with Gasteiger partial charge in [0.05, 0.1) is 14.1 Å². The summed E-state index contributed by atoms with van der Waals surface area (Å²) in [7, 11) is 3.94. The lowest BCUT2D eigenvalue weighted by Gasteiger charge is -2.07. The van der Waals surface area contributed by atoms with E-state index in [1.165, 1.54) is 4.90 Å². The molecule has 0 spiro atoms. The first kappa shape index (κ1) is 9.17. The van der Waals surface area contributed by atoms with Crippen molar-refractivity contribution in [3.8, 4) is 0 Å². The molecule has 0 fully saturated rings. The van der Waals surface area contributed by atoms with Crippen molar-refractivity contribution in [2.24, 2.45) is 0 Å². The molecule has 0 heterocycles. The molecule has 0 aromatic rings. The van der Waals surface area contributed by atoms with Crippen molar-refractivity contribution >= 4 is 5.91 Å². The molecule has 1 amide bonds. The maximum atomic E-state index is 10.8. The standard InChI is InChI=1S/C7H14N2O/c1-6(2)7(10)8-5-9(3)4/h1,5H2,2-4H3,(H,8,10)/p+1. The summed E-state index contributed by atoms with van der Waals surface area (Å²) in [6, 6.07) is 0. The zero-order chi connectivity index (χ0) is 8.15. The van der Waals surface area contributed by atoms with Gasteiger partial charge in [-0.15, -0.1) is 0 Å². The van der Waals surface area contributed by atoms with Crippen LogP contribution in [0.3, 0.4) is 0 Å². The highest BCUT2D eigenvalue weighted by molar-refractivity contribution is 5.91. The maximum absolute atomic E-state index is 10.8. The minimum atomic E-state index is -0.0683. The Morgan fingerprint density at radius 1 is 1.60 bits per heavy atom. The fourth-order valence-electron chi connectivity index (χ4n) is 0.408. The van der Waals surface area contributed by atoms with Crippen LogP contribution in [0.15, 0.2) is 12.2 Å². The van der Waals surface area contributed by atoms with E-state index in [-0.39, 0.29) is 5.91 Å². The molecule has 0 aliphatic heterocycles. The zero-order valence-electron chi connectivity index (χ0n) is 6.82. The first-order chi connectivity index (χ1) is 4.54. The molecule has 58 valence electrons. The molecule has 3 heteroatoms. The second kappa shape index (κ2) is 4.06. The van der Waals surface area contributed by atoms with Gasteiger partial charge in [-0.2, -0.15) is 0 Å². The lowest BCUT2D eigenvalue weighted by Crippen LogP contribution is -3.07. The van der Waals surface area contributed by atoms with Crippen molar-refractivity contribution in [3.63, 3.8) is 0 Å². The molecule has 0 radical (unpaired) electrons. The smallest absolute Gasteiger partial charge is 0.250 e. The van der Waals surface area contributed by atoms with Crippen LogP contribution in [-0.2, 0) is 4.79 Å². The third-order valence-electron chi connectivity index (χ3n) is 0.990. The topological polar surface area (TPSA) is 33.5 Å². The third kappa shape index (κ3) is 4.09. The van der Waals surface area contributed by atoms with Gasteiger partial charge in [0.2, 0.25) is 0 Å². The van der Waals surface area contributed by atoms with Crippen molar-refractivity contribution in [1.29, 1.82) is 0 Å². The molecule has 0 aliphatic carbocycles. The summed E-state index contributed by atoms with van der Waals surface area (Å²) >= 11 is 0. The molecule has 0 aromatic heterocycles. The van der Waals surface area contributed by atoms with E-state index in [1.807, 2.05) is 14.1 Å². The molecule has 2 N–H and O–H groups in total. The van der Waals surface area contributed by atoms with Crippen molar-refractivity contribution in [1.82, 2.24) is 5.32 Å². The Balaban J connectivity index is 3.50. The molecule has 0 saturated heterocycles. The number of hydrogen-bond acceptors (Lipinski definition) is 1. The van der Waals surface area contributed by atoms with Crippen molar-refractivity contribution in [2.75, 3.05) is 20.8 Å². The molecule has 3 nitrogen and oxygen atoms in total. The summed E-state index contributed by atoms with van der Waals surface area (Å²) in [6.45, 7) is 5.85. The van der Waals surface area contributed by atoms with Gasteiger partial charge in [-0.3, -0.25) is 4.79 Å². The molecule has 0 rings (SSSR count). The SMILES string of the molecule is C=C(C)C(=O)NC[NH+](C)C. The van der Waals surface area contributed by atoms with Crippen molar-refractivity contribution in [2.45, 2.75) is 6.92 Å². The van der Waals surface area contributed by atoms with Crippen LogP contribution in [0.2, 0.25) is 0 Å². The Morgan fingerprint density at radius 2 is 2.10 bits per heavy atom. The Hall–Kier alpha value is -0.830. The van der Waals surface area contributed by atoms with Crippen LogP contribution in [0.5, 0.6) is 0 Å². The summed E-state index contributed by atoms with van der Waals surface area (Å²) in [5.41, 5.74) is 0.557. The fourth-order valence-corrected chi connectivity index (χ4v) is 0.408. The normalized spacial score (nSPS) is 9.60. The fraction of sp³-hybridized carbons (Fsp3) is 0.571. The second-order valence-corrected chi connectivity index (χ2v) is 2.67. The van der Waals surface area contributed by atoms with Crippen LogP contribution in [0.1, 0.15) is 6.92 Å². The summed E-state index contributed by atoms with van der Waals surface area (Å²) in [5.74, 6) is -0.0683. The lowest BCUT2D eigenvalue weighted by molar-refractivity contribution is -0.860. The number of quaternary nitrogens is 1. The molecule has 0 unspecified atom stereocenters. The predicted molar refractivity (Wildman–Crippen MR) is 40.6 cm³/mol. The zero-order valence-corrected chi connectivity index (χ0v) is 6.82. The van der Waals surface area contributed by atoms with Gasteiger partial charge >= 0.3 is 0 Å². The molecule has 0 saturated carbocycles. The van der Waals surface area contributed by atoms with Crippen molar-refractivity contribution < 1.29 is 9.69 Å². The predicted octanol–water partition coefficient (Wildman–Crippen LogP) is -1.22. The van der Waals surface area contributed by atoms with Gasteiger partial charge in [-0.05, 0) is 6.92 Å². The van der Waals surface area contributed by atoms with Crippen LogP contribution < -0.4 is 10.2 Å². The number of carbonyl (C=O) groups excluding carboxylic acids is 1. The number of hydrogen-bond donors (Lipinski definition) is 2. The third-order valence-corrected chi connectivity index (χ3v) is 0.990. The second-order valence-electron chi connectivity index (χ2n) is 2.67. The average molecular weight is 143 g/mol. The van der Waals surface area contributed by atoms with Gasteiger partial charge in [0.25, 0.3) is 5.91 Å². The van der Waals surface area contributed by atoms with Crippen LogP contribution in [0, 0.1) is 0 Å². The first-order valence-corrected chi connectivity index (χ1v) is 3.26. The van der Waals surface area contributed by atoms with E-state index < -0.39 is 0 Å². The summed E-state index contributed by atoms with van der Waals surface area (Å²) < 4.78 is 0. The van der Waals surface area contributed by atoms with Gasteiger partial charge in [0, 0.05) is 5.57 Å². The average Bonchev–Trinajstić information content (AvgIpc) is 1.82. The number of rotatable bonds is 3. The monoisotopic (exact) mass is 143 g/mol. The van der Waals surface area contributed by atoms with Gasteiger partial charge in [-0.1, -0.05) is 6.58 Å². The van der Waals surface area contributed by atoms with Gasteiger partial charge in [-0.25, -0.2) is 0 Å². The Morgan fingerprint density at radius 3 is 2.40 bits per heavy atom. The highest BCUT2D eigenvalue weighted by atomic mass is 16.1. The first-order valence-electron chi connectivity index (χ1n) is 3.26. The van der Waals surface area contributed by atoms with Gasteiger partial charge in [0.1, 0.15) is 0 Å². The minimum absolute atomic E-state index is 0.0683. The Bertz CT molecular complexity index is 141. The Labute approximate surface area is 61.7 Å². The van der Waals surface area contributed by atoms with E-state index in [0.717, 1.165) is 0 Å². The lowest BCUT2D eigenvalue weighted by atomic mass is 10.3. The van der Waals surface area contributed by atoms with Gasteiger partial charge < -0.3 is 10.2 Å². The minimum Gasteiger partial charge on any atom is -0.323 e. The Kier molecular flexibility index (Phi) is 3.72. The van der Waals surface area contributed by atoms with E-state index in [2.05, 4.69) is 11.9 Å². The van der Waals surface area contributed by atoms with Crippen LogP contribution >= 0.6 is 0 Å². The number of nitrogens with one attached hydrogen (secondary N) is 2. The molecular formula is C7H15N2O+. The highest BCUT2D eigenvalue weighted by Crippen LogP contribution is 1.82. The molecule has 0 atom stereocenters. The number of amides is 1. The summed E-state index contributed by atoms with van der Waals surface area (Å²) in [6.07, 6.45) is 0. The van der Waals surface area contributed by atoms with E-state index in [1.54, 1.807) is 6.92 Å². The van der Waals surface area contributed by atoms with E-state index in [4.69, 9.17) is 0 Å². The van der Waals surface area contributed by atoms with E-state index in [9.17, 15) is 4.79 Å². The van der Waals surface area contributed by atoms with Crippen LogP contribution in [-0.4, -0.2) is 26.7 Å². The van der Waals surface area contributed by atoms with E-state index in [0.29, 0.717) is 12.2 Å². The van der Waals surface area contributed by atoms with E-state index >= 15 is 0 Å². The molecule has 0 bridgehead atoms. The van der Waals surface area contributed by atoms with Gasteiger partial charge in [0.15, 0.2) is 6.67 Å². The molecule has 10 heavy (non-hydrogen) atoms. The van der Waals surface area contributed by atoms with Crippen LogP contribution in [0.25, 0.3) is 0 Å². The molecule has 0 aliphatic rings.